The second-order valence-electron chi connectivity index (χ2n) is 2.99. The van der Waals surface area contributed by atoms with Crippen molar-refractivity contribution >= 4 is 27.3 Å². The van der Waals surface area contributed by atoms with E-state index < -0.39 is 0 Å². The number of hydrogen-bond acceptors (Lipinski definition) is 3. The Morgan fingerprint density at radius 3 is 2.87 bits per heavy atom. The Bertz CT molecular complexity index is 399. The minimum absolute atomic E-state index is 0.618. The van der Waals surface area contributed by atoms with E-state index in [1.807, 2.05) is 23.6 Å². The number of nitrogens with zero attached hydrogens (tertiary/aromatic N) is 1. The molecule has 2 heterocycles. The zero-order valence-corrected chi connectivity index (χ0v) is 10.4. The Kier molecular flexibility index (Phi) is 3.75. The summed E-state index contributed by atoms with van der Waals surface area (Å²) in [5, 5.41) is 2.82. The van der Waals surface area contributed by atoms with Gasteiger partial charge in [0.2, 0.25) is 0 Å². The van der Waals surface area contributed by atoms with Crippen molar-refractivity contribution in [1.82, 2.24) is 4.98 Å². The largest absolute Gasteiger partial charge is 0.486 e. The predicted octanol–water partition coefficient (Wildman–Crippen LogP) is 3.62. The van der Waals surface area contributed by atoms with Gasteiger partial charge in [0.15, 0.2) is 0 Å². The minimum Gasteiger partial charge on any atom is -0.486 e. The van der Waals surface area contributed by atoms with E-state index in [1.54, 1.807) is 17.5 Å². The summed E-state index contributed by atoms with van der Waals surface area (Å²) >= 11 is 5.05. The van der Waals surface area contributed by atoms with Gasteiger partial charge in [-0.15, -0.1) is 11.3 Å². The summed E-state index contributed by atoms with van der Waals surface area (Å²) in [4.78, 5) is 5.45. The Morgan fingerprint density at radius 2 is 2.27 bits per heavy atom. The zero-order valence-electron chi connectivity index (χ0n) is 8.02. The molecule has 2 aromatic heterocycles. The van der Waals surface area contributed by atoms with Crippen molar-refractivity contribution in [3.8, 4) is 5.75 Å². The van der Waals surface area contributed by atoms with Crippen LogP contribution in [0.1, 0.15) is 10.6 Å². The van der Waals surface area contributed by atoms with Crippen LogP contribution in [-0.2, 0) is 11.9 Å². The van der Waals surface area contributed by atoms with Crippen molar-refractivity contribution in [1.29, 1.82) is 0 Å². The van der Waals surface area contributed by atoms with Crippen LogP contribution in [0.5, 0.6) is 5.75 Å². The van der Waals surface area contributed by atoms with Gasteiger partial charge in [-0.1, -0.05) is 22.0 Å². The highest BCUT2D eigenvalue weighted by Gasteiger charge is 1.97. The fourth-order valence-corrected chi connectivity index (χ4v) is 2.07. The maximum absolute atomic E-state index is 5.58. The van der Waals surface area contributed by atoms with Gasteiger partial charge in [0, 0.05) is 10.2 Å². The molecule has 78 valence electrons. The third-order valence-corrected chi connectivity index (χ3v) is 3.32. The SMILES string of the molecule is BrCc1ccc(OCc2cccs2)cn1. The molecule has 2 aromatic rings. The summed E-state index contributed by atoms with van der Waals surface area (Å²) in [5.41, 5.74) is 1.01. The minimum atomic E-state index is 0.618. The average Bonchev–Trinajstić information content (AvgIpc) is 2.80. The van der Waals surface area contributed by atoms with Gasteiger partial charge >= 0.3 is 0 Å². The van der Waals surface area contributed by atoms with E-state index in [4.69, 9.17) is 4.74 Å². The van der Waals surface area contributed by atoms with Gasteiger partial charge in [-0.3, -0.25) is 4.98 Å². The number of halogens is 1. The number of pyridine rings is 1. The van der Waals surface area contributed by atoms with Crippen molar-refractivity contribution in [2.24, 2.45) is 0 Å². The highest BCUT2D eigenvalue weighted by atomic mass is 79.9. The van der Waals surface area contributed by atoms with Gasteiger partial charge in [0.1, 0.15) is 12.4 Å². The van der Waals surface area contributed by atoms with Crippen LogP contribution in [0.25, 0.3) is 0 Å². The van der Waals surface area contributed by atoms with E-state index in [-0.39, 0.29) is 0 Å². The molecular formula is C11H10BrNOS. The molecule has 0 aromatic carbocycles. The molecule has 0 aliphatic carbocycles. The molecule has 0 radical (unpaired) electrons. The first kappa shape index (κ1) is 10.6. The van der Waals surface area contributed by atoms with E-state index in [9.17, 15) is 0 Å². The number of alkyl halides is 1. The van der Waals surface area contributed by atoms with Crippen LogP contribution in [-0.4, -0.2) is 4.98 Å². The number of rotatable bonds is 4. The standard InChI is InChI=1S/C11H10BrNOS/c12-6-9-3-4-10(7-13-9)14-8-11-2-1-5-15-11/h1-5,7H,6,8H2. The van der Waals surface area contributed by atoms with Gasteiger partial charge in [-0.25, -0.2) is 0 Å². The van der Waals surface area contributed by atoms with Crippen molar-refractivity contribution in [2.45, 2.75) is 11.9 Å². The van der Waals surface area contributed by atoms with Crippen molar-refractivity contribution < 1.29 is 4.74 Å². The van der Waals surface area contributed by atoms with Gasteiger partial charge in [-0.05, 0) is 23.6 Å². The molecule has 0 fully saturated rings. The lowest BCUT2D eigenvalue weighted by Crippen LogP contribution is -1.94. The summed E-state index contributed by atoms with van der Waals surface area (Å²) in [6, 6.07) is 7.98. The van der Waals surface area contributed by atoms with Crippen LogP contribution in [0.2, 0.25) is 0 Å². The van der Waals surface area contributed by atoms with E-state index in [1.165, 1.54) is 4.88 Å². The Balaban J connectivity index is 1.93. The summed E-state index contributed by atoms with van der Waals surface area (Å²) < 4.78 is 5.58. The second kappa shape index (κ2) is 5.28. The van der Waals surface area contributed by atoms with E-state index >= 15 is 0 Å². The molecule has 0 unspecified atom stereocenters. The Morgan fingerprint density at radius 1 is 1.33 bits per heavy atom. The van der Waals surface area contributed by atoms with E-state index in [0.717, 1.165) is 16.8 Å². The van der Waals surface area contributed by atoms with Crippen molar-refractivity contribution in [2.75, 3.05) is 0 Å². The molecule has 0 N–H and O–H groups in total. The molecule has 15 heavy (non-hydrogen) atoms. The fraction of sp³-hybridized carbons (Fsp3) is 0.182. The van der Waals surface area contributed by atoms with Crippen LogP contribution in [0.4, 0.5) is 0 Å². The number of thiophene rings is 1. The maximum atomic E-state index is 5.58. The summed E-state index contributed by atoms with van der Waals surface area (Å²) in [6.07, 6.45) is 1.75. The molecule has 0 bridgehead atoms. The summed E-state index contributed by atoms with van der Waals surface area (Å²) in [7, 11) is 0. The first-order valence-corrected chi connectivity index (χ1v) is 6.54. The quantitative estimate of drug-likeness (QED) is 0.800. The number of hydrogen-bond donors (Lipinski definition) is 0. The third-order valence-electron chi connectivity index (χ3n) is 1.90. The summed E-state index contributed by atoms with van der Waals surface area (Å²) in [5.74, 6) is 0.813. The van der Waals surface area contributed by atoms with E-state index in [0.29, 0.717) is 6.61 Å². The fourth-order valence-electron chi connectivity index (χ4n) is 1.12. The number of ether oxygens (including phenoxy) is 1. The van der Waals surface area contributed by atoms with Crippen LogP contribution in [0, 0.1) is 0 Å². The first-order chi connectivity index (χ1) is 7.38. The lowest BCUT2D eigenvalue weighted by atomic mass is 10.4. The van der Waals surface area contributed by atoms with Gasteiger partial charge in [0.05, 0.1) is 11.9 Å². The maximum Gasteiger partial charge on any atom is 0.138 e. The van der Waals surface area contributed by atoms with Crippen molar-refractivity contribution in [3.63, 3.8) is 0 Å². The molecule has 2 nitrogen and oxygen atoms in total. The highest BCUT2D eigenvalue weighted by Crippen LogP contribution is 2.15. The van der Waals surface area contributed by atoms with Gasteiger partial charge in [0.25, 0.3) is 0 Å². The molecule has 0 saturated carbocycles. The second-order valence-corrected chi connectivity index (χ2v) is 4.58. The molecule has 4 heteroatoms. The first-order valence-electron chi connectivity index (χ1n) is 4.54. The lowest BCUT2D eigenvalue weighted by Gasteiger charge is -2.04. The molecule has 0 atom stereocenters. The van der Waals surface area contributed by atoms with Gasteiger partial charge < -0.3 is 4.74 Å². The monoisotopic (exact) mass is 283 g/mol. The lowest BCUT2D eigenvalue weighted by molar-refractivity contribution is 0.308. The molecular weight excluding hydrogens is 274 g/mol. The van der Waals surface area contributed by atoms with Gasteiger partial charge in [-0.2, -0.15) is 0 Å². The molecule has 0 saturated heterocycles. The molecule has 0 spiro atoms. The van der Waals surface area contributed by atoms with Crippen molar-refractivity contribution in [3.05, 3.63) is 46.4 Å². The summed E-state index contributed by atoms with van der Waals surface area (Å²) in [6.45, 7) is 0.618. The Labute approximate surface area is 101 Å². The normalized spacial score (nSPS) is 10.2. The van der Waals surface area contributed by atoms with Crippen LogP contribution >= 0.6 is 27.3 Å². The zero-order chi connectivity index (χ0) is 10.5. The van der Waals surface area contributed by atoms with E-state index in [2.05, 4.69) is 27.0 Å². The van der Waals surface area contributed by atoms with Crippen LogP contribution in [0.3, 0.4) is 0 Å². The predicted molar refractivity (Wildman–Crippen MR) is 65.5 cm³/mol. The molecule has 0 amide bonds. The molecule has 0 aliphatic heterocycles. The molecule has 2 rings (SSSR count). The highest BCUT2D eigenvalue weighted by molar-refractivity contribution is 9.08. The molecule has 0 aliphatic rings. The van der Waals surface area contributed by atoms with Crippen LogP contribution < -0.4 is 4.74 Å². The van der Waals surface area contributed by atoms with Crippen LogP contribution in [0.15, 0.2) is 35.8 Å². The third kappa shape index (κ3) is 3.04. The average molecular weight is 284 g/mol. The smallest absolute Gasteiger partial charge is 0.138 e. The Hall–Kier alpha value is -0.870. The number of aromatic nitrogens is 1. The topological polar surface area (TPSA) is 22.1 Å².